The summed E-state index contributed by atoms with van der Waals surface area (Å²) >= 11 is 5.38. The van der Waals surface area contributed by atoms with Crippen LogP contribution in [-0.4, -0.2) is 11.0 Å². The molecule has 0 saturated heterocycles. The van der Waals surface area contributed by atoms with Crippen LogP contribution in [0.15, 0.2) is 53.8 Å². The lowest BCUT2D eigenvalue weighted by Crippen LogP contribution is -2.01. The Labute approximate surface area is 121 Å². The molecule has 3 rings (SSSR count). The number of fused-ring (bicyclic) bond motifs is 2. The van der Waals surface area contributed by atoms with Gasteiger partial charge in [-0.3, -0.25) is 9.59 Å². The topological polar surface area (TPSA) is 43.4 Å². The third-order valence-corrected chi connectivity index (χ3v) is 3.35. The zero-order valence-electron chi connectivity index (χ0n) is 10.6. The van der Waals surface area contributed by atoms with Gasteiger partial charge in [-0.25, -0.2) is 0 Å². The van der Waals surface area contributed by atoms with Gasteiger partial charge in [0.05, 0.1) is 5.56 Å². The molecule has 1 aromatic carbocycles. The lowest BCUT2D eigenvalue weighted by molar-refractivity contribution is -0.111. The van der Waals surface area contributed by atoms with Crippen LogP contribution >= 0.6 is 11.6 Å². The van der Waals surface area contributed by atoms with Crippen molar-refractivity contribution >= 4 is 22.6 Å². The number of ketones is 1. The highest BCUT2D eigenvalue weighted by Crippen LogP contribution is 2.32. The van der Waals surface area contributed by atoms with Gasteiger partial charge in [0.25, 0.3) is 0 Å². The molecule has 3 nitrogen and oxygen atoms in total. The second-order valence-electron chi connectivity index (χ2n) is 4.66. The second-order valence-corrected chi connectivity index (χ2v) is 5.08. The van der Waals surface area contributed by atoms with E-state index in [2.05, 4.69) is 0 Å². The summed E-state index contributed by atoms with van der Waals surface area (Å²) in [5.74, 6) is 1.09. The summed E-state index contributed by atoms with van der Waals surface area (Å²) in [6.45, 7) is 0. The van der Waals surface area contributed by atoms with Crippen LogP contribution in [0.5, 0.6) is 5.75 Å². The molecular formula is C16H11ClO3. The molecule has 0 atom stereocenters. The Morgan fingerprint density at radius 3 is 3.00 bits per heavy atom. The van der Waals surface area contributed by atoms with Crippen molar-refractivity contribution in [2.75, 3.05) is 0 Å². The summed E-state index contributed by atoms with van der Waals surface area (Å²) in [7, 11) is 0. The molecule has 1 aliphatic carbocycles. The first-order valence-electron chi connectivity index (χ1n) is 6.25. The largest absolute Gasteiger partial charge is 0.456 e. The van der Waals surface area contributed by atoms with Gasteiger partial charge in [0.2, 0.25) is 5.24 Å². The van der Waals surface area contributed by atoms with Gasteiger partial charge in [-0.15, -0.1) is 0 Å². The van der Waals surface area contributed by atoms with Crippen LogP contribution in [-0.2, 0) is 11.2 Å². The molecule has 20 heavy (non-hydrogen) atoms. The molecular weight excluding hydrogens is 276 g/mol. The first-order chi connectivity index (χ1) is 9.63. The van der Waals surface area contributed by atoms with Gasteiger partial charge in [-0.2, -0.15) is 0 Å². The normalized spacial score (nSPS) is 16.4. The Bertz CT molecular complexity index is 696. The third-order valence-electron chi connectivity index (χ3n) is 3.22. The second kappa shape index (κ2) is 5.10. The minimum atomic E-state index is -0.453. The highest BCUT2D eigenvalue weighted by molar-refractivity contribution is 6.63. The first kappa shape index (κ1) is 12.9. The van der Waals surface area contributed by atoms with Crippen molar-refractivity contribution in [1.29, 1.82) is 0 Å². The molecule has 0 amide bonds. The quantitative estimate of drug-likeness (QED) is 0.783. The molecule has 2 aliphatic rings. The number of hydrogen-bond acceptors (Lipinski definition) is 3. The Hall–Kier alpha value is -2.13. The molecule has 4 heteroatoms. The maximum Gasteiger partial charge on any atom is 0.226 e. The van der Waals surface area contributed by atoms with Crippen molar-refractivity contribution in [1.82, 2.24) is 0 Å². The fourth-order valence-electron chi connectivity index (χ4n) is 2.27. The summed E-state index contributed by atoms with van der Waals surface area (Å²) in [5.41, 5.74) is 2.03. The minimum Gasteiger partial charge on any atom is -0.456 e. The number of ether oxygens (including phenoxy) is 1. The molecule has 1 aromatic rings. The zero-order chi connectivity index (χ0) is 14.1. The molecule has 0 radical (unpaired) electrons. The van der Waals surface area contributed by atoms with Gasteiger partial charge in [0.1, 0.15) is 11.5 Å². The molecule has 1 aliphatic heterocycles. The maximum absolute atomic E-state index is 12.3. The fourth-order valence-corrected chi connectivity index (χ4v) is 2.43. The van der Waals surface area contributed by atoms with Crippen LogP contribution in [0, 0.1) is 0 Å². The van der Waals surface area contributed by atoms with Gasteiger partial charge < -0.3 is 4.74 Å². The Morgan fingerprint density at radius 2 is 2.20 bits per heavy atom. The summed E-state index contributed by atoms with van der Waals surface area (Å²) in [5, 5.41) is -0.453. The maximum atomic E-state index is 12.3. The van der Waals surface area contributed by atoms with E-state index in [4.69, 9.17) is 16.3 Å². The van der Waals surface area contributed by atoms with Crippen molar-refractivity contribution in [3.63, 3.8) is 0 Å². The van der Waals surface area contributed by atoms with Crippen LogP contribution in [0.1, 0.15) is 22.3 Å². The lowest BCUT2D eigenvalue weighted by atomic mass is 10.0. The van der Waals surface area contributed by atoms with Crippen LogP contribution < -0.4 is 4.74 Å². The van der Waals surface area contributed by atoms with Crippen LogP contribution in [0.2, 0.25) is 0 Å². The summed E-state index contributed by atoms with van der Waals surface area (Å²) in [6.07, 6.45) is 8.09. The van der Waals surface area contributed by atoms with E-state index in [9.17, 15) is 9.59 Å². The number of carbonyl (C=O) groups is 2. The Kier molecular flexibility index (Phi) is 3.28. The van der Waals surface area contributed by atoms with E-state index in [1.54, 1.807) is 24.3 Å². The molecule has 0 saturated carbocycles. The predicted octanol–water partition coefficient (Wildman–Crippen LogP) is 3.34. The Balaban J connectivity index is 2.04. The summed E-state index contributed by atoms with van der Waals surface area (Å²) < 4.78 is 5.79. The average molecular weight is 287 g/mol. The summed E-state index contributed by atoms with van der Waals surface area (Å²) in [4.78, 5) is 23.2. The Morgan fingerprint density at radius 1 is 1.35 bits per heavy atom. The number of hydrogen-bond donors (Lipinski definition) is 0. The van der Waals surface area contributed by atoms with E-state index in [0.717, 1.165) is 5.57 Å². The molecule has 0 N–H and O–H groups in total. The molecule has 0 unspecified atom stereocenters. The molecule has 0 aromatic heterocycles. The van der Waals surface area contributed by atoms with E-state index >= 15 is 0 Å². The standard InChI is InChI=1S/C16H11ClO3/c17-16(19)8-10-5-6-15-12(7-10)13(18)9-11-3-1-2-4-14(11)20-15/h1-2,4-7,9H,3,8H2. The van der Waals surface area contributed by atoms with E-state index in [1.807, 2.05) is 18.2 Å². The van der Waals surface area contributed by atoms with Crippen LogP contribution in [0.3, 0.4) is 0 Å². The van der Waals surface area contributed by atoms with Crippen molar-refractivity contribution in [3.05, 3.63) is 65.0 Å². The lowest BCUT2D eigenvalue weighted by Gasteiger charge is -2.13. The highest BCUT2D eigenvalue weighted by Gasteiger charge is 2.21. The molecule has 100 valence electrons. The average Bonchev–Trinajstić information content (AvgIpc) is 2.54. The van der Waals surface area contributed by atoms with Crippen molar-refractivity contribution < 1.29 is 14.3 Å². The number of allylic oxidation sites excluding steroid dienone is 5. The van der Waals surface area contributed by atoms with Gasteiger partial charge in [-0.05, 0) is 47.9 Å². The number of rotatable bonds is 2. The van der Waals surface area contributed by atoms with Gasteiger partial charge >= 0.3 is 0 Å². The zero-order valence-corrected chi connectivity index (χ0v) is 11.3. The van der Waals surface area contributed by atoms with Gasteiger partial charge in [-0.1, -0.05) is 18.2 Å². The smallest absolute Gasteiger partial charge is 0.226 e. The monoisotopic (exact) mass is 286 g/mol. The summed E-state index contributed by atoms with van der Waals surface area (Å²) in [6, 6.07) is 5.12. The van der Waals surface area contributed by atoms with E-state index in [1.165, 1.54) is 0 Å². The van der Waals surface area contributed by atoms with Gasteiger partial charge in [0, 0.05) is 12.0 Å². The predicted molar refractivity (Wildman–Crippen MR) is 75.9 cm³/mol. The molecule has 1 heterocycles. The van der Waals surface area contributed by atoms with Gasteiger partial charge in [0.15, 0.2) is 5.78 Å². The minimum absolute atomic E-state index is 0.100. The SMILES string of the molecule is O=C(Cl)Cc1ccc2c(c1)C(=O)C=C1CC=CC=C1O2. The fraction of sp³-hybridized carbons (Fsp3) is 0.125. The highest BCUT2D eigenvalue weighted by atomic mass is 35.5. The van der Waals surface area contributed by atoms with E-state index in [0.29, 0.717) is 29.1 Å². The first-order valence-corrected chi connectivity index (χ1v) is 6.62. The third kappa shape index (κ3) is 2.45. The van der Waals surface area contributed by atoms with Crippen LogP contribution in [0.25, 0.3) is 0 Å². The number of benzene rings is 1. The van der Waals surface area contributed by atoms with Crippen molar-refractivity contribution in [3.8, 4) is 5.75 Å². The van der Waals surface area contributed by atoms with Crippen molar-refractivity contribution in [2.45, 2.75) is 12.8 Å². The number of halogens is 1. The molecule has 0 fully saturated rings. The van der Waals surface area contributed by atoms with Crippen LogP contribution in [0.4, 0.5) is 0 Å². The molecule has 0 bridgehead atoms. The number of carbonyl (C=O) groups excluding carboxylic acids is 2. The van der Waals surface area contributed by atoms with Crippen molar-refractivity contribution in [2.24, 2.45) is 0 Å². The molecule has 0 spiro atoms. The van der Waals surface area contributed by atoms with E-state index < -0.39 is 5.24 Å². The van der Waals surface area contributed by atoms with E-state index in [-0.39, 0.29) is 12.2 Å².